The van der Waals surface area contributed by atoms with Crippen LogP contribution in [0.3, 0.4) is 0 Å². The molecule has 1 aromatic rings. The first-order valence-electron chi connectivity index (χ1n) is 5.78. The number of non-ortho nitro benzene ring substituents is 1. The molecule has 0 spiro atoms. The third kappa shape index (κ3) is 2.98. The van der Waals surface area contributed by atoms with Gasteiger partial charge in [-0.2, -0.15) is 11.8 Å². The number of hydrogen-bond donors (Lipinski definition) is 2. The summed E-state index contributed by atoms with van der Waals surface area (Å²) in [6.45, 7) is 0.621. The molecule has 6 nitrogen and oxygen atoms in total. The Balaban J connectivity index is 2.22. The molecule has 1 aromatic carbocycles. The number of carbonyl (C=O) groups is 1. The number of nitrogens with one attached hydrogen (secondary N) is 1. The van der Waals surface area contributed by atoms with E-state index in [2.05, 4.69) is 5.32 Å². The summed E-state index contributed by atoms with van der Waals surface area (Å²) in [6, 6.07) is 3.75. The Morgan fingerprint density at radius 2 is 2.26 bits per heavy atom. The lowest BCUT2D eigenvalue weighted by Crippen LogP contribution is -2.19. The van der Waals surface area contributed by atoms with Gasteiger partial charge in [-0.3, -0.25) is 10.1 Å². The number of carboxylic acid groups (broad SMARTS) is 1. The molecule has 2 rings (SSSR count). The molecule has 0 atom stereocenters. The maximum Gasteiger partial charge on any atom is 0.337 e. The van der Waals surface area contributed by atoms with Crippen molar-refractivity contribution in [2.75, 3.05) is 18.1 Å². The molecule has 0 unspecified atom stereocenters. The van der Waals surface area contributed by atoms with E-state index in [0.29, 0.717) is 12.2 Å². The van der Waals surface area contributed by atoms with E-state index in [-0.39, 0.29) is 16.0 Å². The first-order chi connectivity index (χ1) is 8.97. The van der Waals surface area contributed by atoms with Crippen molar-refractivity contribution < 1.29 is 14.8 Å². The summed E-state index contributed by atoms with van der Waals surface area (Å²) in [7, 11) is 0. The van der Waals surface area contributed by atoms with Gasteiger partial charge >= 0.3 is 5.97 Å². The van der Waals surface area contributed by atoms with Crippen LogP contribution in [0.15, 0.2) is 18.2 Å². The van der Waals surface area contributed by atoms with Crippen LogP contribution in [-0.2, 0) is 0 Å². The Kier molecular flexibility index (Phi) is 3.66. The molecule has 0 amide bonds. The SMILES string of the molecule is CSC1(CNc2cc([N+](=O)[O-])ccc2C(=O)O)CC1. The lowest BCUT2D eigenvalue weighted by molar-refractivity contribution is -0.384. The summed E-state index contributed by atoms with van der Waals surface area (Å²) in [6.07, 6.45) is 4.18. The van der Waals surface area contributed by atoms with Crippen LogP contribution in [-0.4, -0.2) is 33.5 Å². The van der Waals surface area contributed by atoms with Crippen LogP contribution in [0, 0.1) is 10.1 Å². The Labute approximate surface area is 114 Å². The van der Waals surface area contributed by atoms with E-state index in [9.17, 15) is 14.9 Å². The number of rotatable bonds is 6. The number of nitro groups is 1. The third-order valence-corrected chi connectivity index (χ3v) is 4.70. The van der Waals surface area contributed by atoms with Crippen molar-refractivity contribution in [3.05, 3.63) is 33.9 Å². The van der Waals surface area contributed by atoms with E-state index in [4.69, 9.17) is 5.11 Å². The van der Waals surface area contributed by atoms with Gasteiger partial charge in [-0.25, -0.2) is 4.79 Å². The fraction of sp³-hybridized carbons (Fsp3) is 0.417. The highest BCUT2D eigenvalue weighted by molar-refractivity contribution is 8.00. The van der Waals surface area contributed by atoms with Gasteiger partial charge in [0, 0.05) is 23.4 Å². The van der Waals surface area contributed by atoms with Gasteiger partial charge in [0.15, 0.2) is 0 Å². The molecule has 0 aromatic heterocycles. The number of nitrogens with zero attached hydrogens (tertiary/aromatic N) is 1. The minimum atomic E-state index is -1.09. The summed E-state index contributed by atoms with van der Waals surface area (Å²) < 4.78 is 0.153. The number of carboxylic acids is 1. The Hall–Kier alpha value is -1.76. The van der Waals surface area contributed by atoms with Crippen molar-refractivity contribution in [2.24, 2.45) is 0 Å². The van der Waals surface area contributed by atoms with Crippen molar-refractivity contribution in [3.63, 3.8) is 0 Å². The molecule has 0 aliphatic heterocycles. The van der Waals surface area contributed by atoms with Gasteiger partial charge < -0.3 is 10.4 Å². The van der Waals surface area contributed by atoms with E-state index in [1.54, 1.807) is 11.8 Å². The van der Waals surface area contributed by atoms with E-state index < -0.39 is 10.9 Å². The smallest absolute Gasteiger partial charge is 0.337 e. The molecule has 1 aliphatic carbocycles. The lowest BCUT2D eigenvalue weighted by atomic mass is 10.1. The van der Waals surface area contributed by atoms with Gasteiger partial charge in [0.05, 0.1) is 16.2 Å². The largest absolute Gasteiger partial charge is 0.478 e. The zero-order valence-corrected chi connectivity index (χ0v) is 11.2. The zero-order valence-electron chi connectivity index (χ0n) is 10.4. The van der Waals surface area contributed by atoms with Gasteiger partial charge in [-0.1, -0.05) is 0 Å². The summed E-state index contributed by atoms with van der Waals surface area (Å²) >= 11 is 1.74. The van der Waals surface area contributed by atoms with Gasteiger partial charge in [0.2, 0.25) is 0 Å². The molecule has 0 bridgehead atoms. The lowest BCUT2D eigenvalue weighted by Gasteiger charge is -2.15. The van der Waals surface area contributed by atoms with E-state index in [0.717, 1.165) is 12.8 Å². The summed E-state index contributed by atoms with van der Waals surface area (Å²) in [5.74, 6) is -1.09. The first-order valence-corrected chi connectivity index (χ1v) is 7.01. The van der Waals surface area contributed by atoms with Crippen molar-refractivity contribution in [1.29, 1.82) is 0 Å². The van der Waals surface area contributed by atoms with Crippen LogP contribution in [0.5, 0.6) is 0 Å². The molecule has 1 aliphatic rings. The Morgan fingerprint density at radius 1 is 1.58 bits per heavy atom. The van der Waals surface area contributed by atoms with Crippen LogP contribution < -0.4 is 5.32 Å². The molecule has 0 saturated heterocycles. The monoisotopic (exact) mass is 282 g/mol. The summed E-state index contributed by atoms with van der Waals surface area (Å²) in [5, 5.41) is 22.9. The molecule has 19 heavy (non-hydrogen) atoms. The average Bonchev–Trinajstić information content (AvgIpc) is 3.16. The third-order valence-electron chi connectivity index (χ3n) is 3.29. The molecule has 1 fully saturated rings. The zero-order chi connectivity index (χ0) is 14.0. The predicted octanol–water partition coefficient (Wildman–Crippen LogP) is 2.60. The second kappa shape index (κ2) is 5.08. The quantitative estimate of drug-likeness (QED) is 0.615. The van der Waals surface area contributed by atoms with Gasteiger partial charge in [-0.05, 0) is 25.2 Å². The van der Waals surface area contributed by atoms with Crippen LogP contribution in [0.1, 0.15) is 23.2 Å². The number of nitro benzene ring substituents is 1. The standard InChI is InChI=1S/C12H14N2O4S/c1-19-12(4-5-12)7-13-10-6-8(14(17)18)2-3-9(10)11(15)16/h2-3,6,13H,4-5,7H2,1H3,(H,15,16). The van der Waals surface area contributed by atoms with Gasteiger partial charge in [0.1, 0.15) is 0 Å². The highest BCUT2D eigenvalue weighted by Crippen LogP contribution is 2.47. The second-order valence-electron chi connectivity index (χ2n) is 4.53. The summed E-state index contributed by atoms with van der Waals surface area (Å²) in [5.41, 5.74) is 0.256. The molecular formula is C12H14N2O4S. The molecular weight excluding hydrogens is 268 g/mol. The van der Waals surface area contributed by atoms with Crippen molar-refractivity contribution in [3.8, 4) is 0 Å². The van der Waals surface area contributed by atoms with Crippen molar-refractivity contribution in [2.45, 2.75) is 17.6 Å². The molecule has 1 saturated carbocycles. The van der Waals surface area contributed by atoms with Crippen LogP contribution in [0.4, 0.5) is 11.4 Å². The van der Waals surface area contributed by atoms with E-state index >= 15 is 0 Å². The minimum absolute atomic E-state index is 0.0579. The highest BCUT2D eigenvalue weighted by Gasteiger charge is 2.41. The van der Waals surface area contributed by atoms with Gasteiger partial charge in [-0.15, -0.1) is 0 Å². The second-order valence-corrected chi connectivity index (χ2v) is 5.81. The number of anilines is 1. The predicted molar refractivity (Wildman–Crippen MR) is 74.0 cm³/mol. The fourth-order valence-electron chi connectivity index (χ4n) is 1.83. The highest BCUT2D eigenvalue weighted by atomic mass is 32.2. The van der Waals surface area contributed by atoms with Crippen LogP contribution in [0.25, 0.3) is 0 Å². The maximum absolute atomic E-state index is 11.1. The van der Waals surface area contributed by atoms with Crippen LogP contribution in [0.2, 0.25) is 0 Å². The van der Waals surface area contributed by atoms with E-state index in [1.165, 1.54) is 18.2 Å². The Morgan fingerprint density at radius 3 is 2.74 bits per heavy atom. The maximum atomic E-state index is 11.1. The average molecular weight is 282 g/mol. The topological polar surface area (TPSA) is 92.5 Å². The van der Waals surface area contributed by atoms with Crippen molar-refractivity contribution in [1.82, 2.24) is 0 Å². The number of thioether (sulfide) groups is 1. The Bertz CT molecular complexity index is 528. The summed E-state index contributed by atoms with van der Waals surface area (Å²) in [4.78, 5) is 21.3. The number of aromatic carboxylic acids is 1. The molecule has 0 heterocycles. The molecule has 2 N–H and O–H groups in total. The minimum Gasteiger partial charge on any atom is -0.478 e. The van der Waals surface area contributed by atoms with Gasteiger partial charge in [0.25, 0.3) is 5.69 Å². The number of hydrogen-bond acceptors (Lipinski definition) is 5. The molecule has 7 heteroatoms. The first kappa shape index (κ1) is 13.7. The molecule has 102 valence electrons. The van der Waals surface area contributed by atoms with Crippen molar-refractivity contribution >= 4 is 29.1 Å². The van der Waals surface area contributed by atoms with E-state index in [1.807, 2.05) is 6.26 Å². The van der Waals surface area contributed by atoms with Crippen LogP contribution >= 0.6 is 11.8 Å². The normalized spacial score (nSPS) is 15.8. The molecule has 0 radical (unpaired) electrons. The fourth-order valence-corrected chi connectivity index (χ4v) is 2.55. The number of benzene rings is 1.